The van der Waals surface area contributed by atoms with Gasteiger partial charge in [0, 0.05) is 23.9 Å². The van der Waals surface area contributed by atoms with E-state index in [1.54, 1.807) is 45.9 Å². The number of fused-ring (bicyclic) bond motifs is 1. The first kappa shape index (κ1) is 22.4. The molecule has 4 rings (SSSR count). The van der Waals surface area contributed by atoms with Gasteiger partial charge in [0.15, 0.2) is 5.69 Å². The molecule has 1 aliphatic rings. The predicted molar refractivity (Wildman–Crippen MR) is 121 cm³/mol. The number of halogens is 1. The molecule has 2 heterocycles. The lowest BCUT2D eigenvalue weighted by molar-refractivity contribution is -0.156. The van der Waals surface area contributed by atoms with E-state index in [-0.39, 0.29) is 12.1 Å². The Morgan fingerprint density at radius 2 is 1.70 bits per heavy atom. The van der Waals surface area contributed by atoms with Crippen molar-refractivity contribution >= 4 is 17.6 Å². The zero-order valence-electron chi connectivity index (χ0n) is 18.8. The van der Waals surface area contributed by atoms with Gasteiger partial charge in [-0.15, -0.1) is 0 Å². The summed E-state index contributed by atoms with van der Waals surface area (Å²) in [7, 11) is 0. The minimum Gasteiger partial charge on any atom is -0.458 e. The van der Waals surface area contributed by atoms with Gasteiger partial charge in [0.2, 0.25) is 5.43 Å². The summed E-state index contributed by atoms with van der Waals surface area (Å²) in [6.07, 6.45) is 0.254. The van der Waals surface area contributed by atoms with E-state index >= 15 is 0 Å². The van der Waals surface area contributed by atoms with Gasteiger partial charge in [-0.2, -0.15) is 5.10 Å². The first-order chi connectivity index (χ1) is 15.6. The highest BCUT2D eigenvalue weighted by atomic mass is 19.1. The largest absolute Gasteiger partial charge is 0.458 e. The molecule has 0 N–H and O–H groups in total. The molecule has 7 nitrogen and oxygen atoms in total. The van der Waals surface area contributed by atoms with Crippen molar-refractivity contribution < 1.29 is 18.7 Å². The minimum absolute atomic E-state index is 0.106. The molecule has 0 saturated carbocycles. The quantitative estimate of drug-likeness (QED) is 0.571. The second-order valence-electron chi connectivity index (χ2n) is 8.92. The van der Waals surface area contributed by atoms with Crippen LogP contribution in [0.25, 0.3) is 5.69 Å². The van der Waals surface area contributed by atoms with Crippen LogP contribution in [0.2, 0.25) is 0 Å². The van der Waals surface area contributed by atoms with Gasteiger partial charge in [0.1, 0.15) is 23.1 Å². The highest BCUT2D eigenvalue weighted by Gasteiger charge is 2.42. The van der Waals surface area contributed by atoms with Crippen molar-refractivity contribution in [1.82, 2.24) is 9.78 Å². The Balaban J connectivity index is 1.81. The summed E-state index contributed by atoms with van der Waals surface area (Å²) in [5, 5.41) is 4.21. The molecule has 0 spiro atoms. The molecule has 0 bridgehead atoms. The normalized spacial score (nSPS) is 15.3. The lowest BCUT2D eigenvalue weighted by atomic mass is 10.1. The number of hydrogen-bond acceptors (Lipinski definition) is 5. The van der Waals surface area contributed by atoms with Crippen molar-refractivity contribution in [2.45, 2.75) is 45.8 Å². The second kappa shape index (κ2) is 8.27. The number of para-hydroxylation sites is 2. The third-order valence-electron chi connectivity index (χ3n) is 5.26. The molecular formula is C25H24FN3O4. The maximum absolute atomic E-state index is 14.4. The fourth-order valence-corrected chi connectivity index (χ4v) is 3.87. The molecule has 3 aromatic rings. The van der Waals surface area contributed by atoms with Crippen molar-refractivity contribution in [2.24, 2.45) is 0 Å². The van der Waals surface area contributed by atoms with Crippen molar-refractivity contribution in [3.63, 3.8) is 0 Å². The topological polar surface area (TPSA) is 81.5 Å². The van der Waals surface area contributed by atoms with E-state index in [1.807, 2.05) is 12.1 Å². The number of hydrogen-bond donors (Lipinski definition) is 0. The van der Waals surface area contributed by atoms with Crippen LogP contribution in [0.15, 0.2) is 59.4 Å². The van der Waals surface area contributed by atoms with Gasteiger partial charge in [0.25, 0.3) is 5.91 Å². The summed E-state index contributed by atoms with van der Waals surface area (Å²) in [5.41, 5.74) is -0.00525. The lowest BCUT2D eigenvalue weighted by Crippen LogP contribution is -2.47. The molecule has 0 saturated heterocycles. The van der Waals surface area contributed by atoms with Gasteiger partial charge in [0.05, 0.1) is 0 Å². The maximum atomic E-state index is 14.4. The second-order valence-corrected chi connectivity index (χ2v) is 8.92. The van der Waals surface area contributed by atoms with E-state index in [1.165, 1.54) is 33.8 Å². The molecule has 1 aliphatic heterocycles. The van der Waals surface area contributed by atoms with Gasteiger partial charge in [-0.05, 0) is 51.5 Å². The molecular weight excluding hydrogens is 425 g/mol. The van der Waals surface area contributed by atoms with Gasteiger partial charge in [-0.1, -0.05) is 30.3 Å². The van der Waals surface area contributed by atoms with Crippen LogP contribution >= 0.6 is 0 Å². The number of anilines is 1. The molecule has 1 aromatic heterocycles. The van der Waals surface area contributed by atoms with Gasteiger partial charge >= 0.3 is 5.97 Å². The molecule has 0 aliphatic carbocycles. The molecule has 1 amide bonds. The van der Waals surface area contributed by atoms with E-state index in [0.29, 0.717) is 11.4 Å². The fraction of sp³-hybridized carbons (Fsp3) is 0.280. The number of carbonyl (C=O) groups is 2. The Kier molecular flexibility index (Phi) is 5.61. The lowest BCUT2D eigenvalue weighted by Gasteiger charge is -2.27. The predicted octanol–water partition coefficient (Wildman–Crippen LogP) is 3.59. The first-order valence-corrected chi connectivity index (χ1v) is 10.6. The summed E-state index contributed by atoms with van der Waals surface area (Å²) >= 11 is 0. The molecule has 170 valence electrons. The third-order valence-corrected chi connectivity index (χ3v) is 5.26. The maximum Gasteiger partial charge on any atom is 0.330 e. The number of carbonyl (C=O) groups excluding carboxylic acids is 2. The van der Waals surface area contributed by atoms with Crippen molar-refractivity contribution in [2.75, 3.05) is 4.90 Å². The van der Waals surface area contributed by atoms with Crippen LogP contribution in [0.5, 0.6) is 0 Å². The molecule has 2 aromatic carbocycles. The van der Waals surface area contributed by atoms with Crippen LogP contribution < -0.4 is 10.3 Å². The molecule has 33 heavy (non-hydrogen) atoms. The summed E-state index contributed by atoms with van der Waals surface area (Å²) < 4.78 is 21.2. The zero-order valence-corrected chi connectivity index (χ0v) is 18.8. The number of aryl methyl sites for hydroxylation is 1. The Morgan fingerprint density at radius 3 is 2.36 bits per heavy atom. The smallest absolute Gasteiger partial charge is 0.330 e. The number of aromatic nitrogens is 2. The van der Waals surface area contributed by atoms with E-state index in [0.717, 1.165) is 5.56 Å². The summed E-state index contributed by atoms with van der Waals surface area (Å²) in [4.78, 5) is 40.7. The highest BCUT2D eigenvalue weighted by molar-refractivity contribution is 6.10. The van der Waals surface area contributed by atoms with Gasteiger partial charge in [-0.3, -0.25) is 14.5 Å². The standard InChI is InChI=1S/C25H24FN3O4/c1-15-13-21(30)22(27-29(15)19-12-8-6-10-17(19)26)23(31)28-18-11-7-5-9-16(18)14-20(28)24(32)33-25(2,3)4/h5-13,20H,14H2,1-4H3/t20-/m0/s1. The average Bonchev–Trinajstić information content (AvgIpc) is 3.13. The summed E-state index contributed by atoms with van der Waals surface area (Å²) in [6, 6.07) is 13.3. The zero-order chi connectivity index (χ0) is 23.9. The van der Waals surface area contributed by atoms with Crippen LogP contribution in [0.3, 0.4) is 0 Å². The van der Waals surface area contributed by atoms with Gasteiger partial charge < -0.3 is 4.74 Å². The van der Waals surface area contributed by atoms with Gasteiger partial charge in [-0.25, -0.2) is 13.9 Å². The molecule has 0 fully saturated rings. The van der Waals surface area contributed by atoms with E-state index in [2.05, 4.69) is 5.10 Å². The minimum atomic E-state index is -0.946. The SMILES string of the molecule is Cc1cc(=O)c(C(=O)N2c3ccccc3C[C@H]2C(=O)OC(C)(C)C)nn1-c1ccccc1F. The Labute approximate surface area is 190 Å². The Bertz CT molecular complexity index is 1310. The summed E-state index contributed by atoms with van der Waals surface area (Å²) in [6.45, 7) is 6.83. The van der Waals surface area contributed by atoms with E-state index in [4.69, 9.17) is 4.74 Å². The number of esters is 1. The molecule has 8 heteroatoms. The molecule has 0 radical (unpaired) electrons. The van der Waals surface area contributed by atoms with E-state index in [9.17, 15) is 18.8 Å². The van der Waals surface area contributed by atoms with Crippen molar-refractivity contribution in [3.8, 4) is 5.69 Å². The highest BCUT2D eigenvalue weighted by Crippen LogP contribution is 2.34. The molecule has 1 atom stereocenters. The Hall–Kier alpha value is -3.81. The number of ether oxygens (including phenoxy) is 1. The first-order valence-electron chi connectivity index (χ1n) is 10.6. The van der Waals surface area contributed by atoms with Crippen molar-refractivity contribution in [1.29, 1.82) is 0 Å². The summed E-state index contributed by atoms with van der Waals surface area (Å²) in [5.74, 6) is -1.87. The van der Waals surface area contributed by atoms with Crippen molar-refractivity contribution in [3.05, 3.63) is 87.6 Å². The number of amides is 1. The monoisotopic (exact) mass is 449 g/mol. The van der Waals surface area contributed by atoms with Crippen LogP contribution in [0.1, 0.15) is 42.5 Å². The Morgan fingerprint density at radius 1 is 1.06 bits per heavy atom. The third kappa shape index (κ3) is 4.28. The van der Waals surface area contributed by atoms with Crippen LogP contribution in [0.4, 0.5) is 10.1 Å². The number of benzene rings is 2. The van der Waals surface area contributed by atoms with E-state index < -0.39 is 40.5 Å². The van der Waals surface area contributed by atoms with Crippen LogP contribution in [0, 0.1) is 12.7 Å². The number of rotatable bonds is 3. The fourth-order valence-electron chi connectivity index (χ4n) is 3.87. The molecule has 0 unspecified atom stereocenters. The number of nitrogens with zero attached hydrogens (tertiary/aromatic N) is 3. The average molecular weight is 449 g/mol. The van der Waals surface area contributed by atoms with Crippen LogP contribution in [-0.2, 0) is 16.0 Å². The van der Waals surface area contributed by atoms with Crippen LogP contribution in [-0.4, -0.2) is 33.3 Å².